The zero-order valence-electron chi connectivity index (χ0n) is 11.8. The van der Waals surface area contributed by atoms with Crippen molar-refractivity contribution in [2.24, 2.45) is 5.92 Å². The highest BCUT2D eigenvalue weighted by Gasteiger charge is 2.42. The van der Waals surface area contributed by atoms with Gasteiger partial charge in [0.05, 0.1) is 16.6 Å². The summed E-state index contributed by atoms with van der Waals surface area (Å²) in [7, 11) is 0. The van der Waals surface area contributed by atoms with Gasteiger partial charge in [0, 0.05) is 30.8 Å². The van der Waals surface area contributed by atoms with Crippen LogP contribution in [-0.2, 0) is 0 Å². The van der Waals surface area contributed by atoms with E-state index in [-0.39, 0.29) is 11.6 Å². The van der Waals surface area contributed by atoms with E-state index in [0.717, 1.165) is 31.7 Å². The normalized spacial score (nSPS) is 29.0. The fourth-order valence-electron chi connectivity index (χ4n) is 3.65. The van der Waals surface area contributed by atoms with E-state index in [2.05, 4.69) is 0 Å². The molecular formula is C15H19FN2O3. The van der Waals surface area contributed by atoms with Gasteiger partial charge in [-0.2, -0.15) is 0 Å². The average Bonchev–Trinajstić information content (AvgIpc) is 2.45. The van der Waals surface area contributed by atoms with Gasteiger partial charge < -0.3 is 10.0 Å². The van der Waals surface area contributed by atoms with Crippen molar-refractivity contribution >= 4 is 11.4 Å². The van der Waals surface area contributed by atoms with E-state index in [4.69, 9.17) is 0 Å². The molecule has 1 saturated carbocycles. The summed E-state index contributed by atoms with van der Waals surface area (Å²) in [5.74, 6) is -0.425. The lowest BCUT2D eigenvalue weighted by molar-refractivity contribution is -0.385. The van der Waals surface area contributed by atoms with Gasteiger partial charge in [-0.25, -0.2) is 4.39 Å². The van der Waals surface area contributed by atoms with Crippen molar-refractivity contribution in [3.63, 3.8) is 0 Å². The predicted molar refractivity (Wildman–Crippen MR) is 76.8 cm³/mol. The number of fused-ring (bicyclic) bond motifs is 1. The SMILES string of the molecule is O=[N+]([O-])c1cc(F)cc(N2CCC3(O)CCCCC3C2)c1. The molecule has 0 aromatic heterocycles. The monoisotopic (exact) mass is 294 g/mol. The molecule has 114 valence electrons. The summed E-state index contributed by atoms with van der Waals surface area (Å²) in [6.45, 7) is 1.24. The molecule has 0 bridgehead atoms. The maximum atomic E-state index is 13.6. The molecule has 21 heavy (non-hydrogen) atoms. The van der Waals surface area contributed by atoms with Crippen molar-refractivity contribution in [2.45, 2.75) is 37.7 Å². The molecule has 5 nitrogen and oxygen atoms in total. The number of halogens is 1. The minimum atomic E-state index is -0.603. The second-order valence-corrected chi connectivity index (χ2v) is 6.17. The van der Waals surface area contributed by atoms with Crippen molar-refractivity contribution < 1.29 is 14.4 Å². The van der Waals surface area contributed by atoms with Crippen LogP contribution >= 0.6 is 0 Å². The molecule has 1 heterocycles. The number of non-ortho nitro benzene ring substituents is 1. The summed E-state index contributed by atoms with van der Waals surface area (Å²) in [4.78, 5) is 12.2. The second-order valence-electron chi connectivity index (χ2n) is 6.17. The third-order valence-corrected chi connectivity index (χ3v) is 4.87. The summed E-state index contributed by atoms with van der Waals surface area (Å²) in [6, 6.07) is 3.68. The molecule has 0 amide bonds. The molecule has 3 rings (SSSR count). The van der Waals surface area contributed by atoms with E-state index in [1.165, 1.54) is 12.1 Å². The Morgan fingerprint density at radius 3 is 2.90 bits per heavy atom. The number of nitro groups is 1. The van der Waals surface area contributed by atoms with Crippen LogP contribution in [0, 0.1) is 21.8 Å². The number of anilines is 1. The number of piperidine rings is 1. The number of nitro benzene ring substituents is 1. The first-order valence-electron chi connectivity index (χ1n) is 7.40. The average molecular weight is 294 g/mol. The zero-order valence-corrected chi connectivity index (χ0v) is 11.8. The lowest BCUT2D eigenvalue weighted by Gasteiger charge is -2.48. The molecule has 0 spiro atoms. The fourth-order valence-corrected chi connectivity index (χ4v) is 3.65. The Bertz CT molecular complexity index is 566. The molecule has 2 atom stereocenters. The summed E-state index contributed by atoms with van der Waals surface area (Å²) < 4.78 is 13.6. The minimum Gasteiger partial charge on any atom is -0.389 e. The van der Waals surface area contributed by atoms with Gasteiger partial charge in [0.2, 0.25) is 0 Å². The molecule has 0 radical (unpaired) electrons. The molecule has 1 aliphatic carbocycles. The van der Waals surface area contributed by atoms with E-state index >= 15 is 0 Å². The van der Waals surface area contributed by atoms with Gasteiger partial charge in [0.25, 0.3) is 5.69 Å². The van der Waals surface area contributed by atoms with Crippen molar-refractivity contribution in [2.75, 3.05) is 18.0 Å². The number of hydrogen-bond acceptors (Lipinski definition) is 4. The van der Waals surface area contributed by atoms with E-state index in [9.17, 15) is 19.6 Å². The summed E-state index contributed by atoms with van der Waals surface area (Å²) in [5, 5.41) is 21.5. The van der Waals surface area contributed by atoms with Crippen molar-refractivity contribution in [1.82, 2.24) is 0 Å². The molecule has 1 N–H and O–H groups in total. The molecule has 1 aromatic carbocycles. The highest BCUT2D eigenvalue weighted by molar-refractivity contribution is 5.54. The van der Waals surface area contributed by atoms with Crippen LogP contribution in [0.15, 0.2) is 18.2 Å². The Balaban J connectivity index is 1.83. The van der Waals surface area contributed by atoms with Crippen molar-refractivity contribution in [3.8, 4) is 0 Å². The highest BCUT2D eigenvalue weighted by atomic mass is 19.1. The summed E-state index contributed by atoms with van der Waals surface area (Å²) in [5.41, 5.74) is -0.294. The van der Waals surface area contributed by atoms with Gasteiger partial charge in [-0.1, -0.05) is 12.8 Å². The Hall–Kier alpha value is -1.69. The molecule has 1 aliphatic heterocycles. The molecule has 2 unspecified atom stereocenters. The number of hydrogen-bond donors (Lipinski definition) is 1. The smallest absolute Gasteiger partial charge is 0.274 e. The Labute approximate surface area is 122 Å². The first kappa shape index (κ1) is 14.3. The van der Waals surface area contributed by atoms with Gasteiger partial charge in [0.1, 0.15) is 5.82 Å². The molecule has 1 aromatic rings. The molecule has 1 saturated heterocycles. The third kappa shape index (κ3) is 2.72. The van der Waals surface area contributed by atoms with Crippen LogP contribution in [0.4, 0.5) is 15.8 Å². The maximum Gasteiger partial charge on any atom is 0.274 e. The molecule has 2 aliphatic rings. The Morgan fingerprint density at radius 2 is 2.14 bits per heavy atom. The van der Waals surface area contributed by atoms with Crippen molar-refractivity contribution in [3.05, 3.63) is 34.1 Å². The van der Waals surface area contributed by atoms with Crippen LogP contribution in [0.2, 0.25) is 0 Å². The zero-order chi connectivity index (χ0) is 15.0. The van der Waals surface area contributed by atoms with E-state index in [1.807, 2.05) is 4.90 Å². The van der Waals surface area contributed by atoms with Crippen LogP contribution in [0.1, 0.15) is 32.1 Å². The third-order valence-electron chi connectivity index (χ3n) is 4.87. The lowest BCUT2D eigenvalue weighted by Crippen LogP contribution is -2.53. The van der Waals surface area contributed by atoms with Crippen molar-refractivity contribution in [1.29, 1.82) is 0 Å². The maximum absolute atomic E-state index is 13.6. The number of benzene rings is 1. The minimum absolute atomic E-state index is 0.169. The predicted octanol–water partition coefficient (Wildman–Crippen LogP) is 2.87. The molecule has 6 heteroatoms. The first-order chi connectivity index (χ1) is 9.98. The number of aliphatic hydroxyl groups is 1. The first-order valence-corrected chi connectivity index (χ1v) is 7.40. The van der Waals surface area contributed by atoms with Crippen LogP contribution in [0.5, 0.6) is 0 Å². The van der Waals surface area contributed by atoms with Crippen LogP contribution < -0.4 is 4.90 Å². The van der Waals surface area contributed by atoms with Gasteiger partial charge in [-0.05, 0) is 25.3 Å². The quantitative estimate of drug-likeness (QED) is 0.673. The second kappa shape index (κ2) is 5.26. The highest BCUT2D eigenvalue weighted by Crippen LogP contribution is 2.41. The molecule has 2 fully saturated rings. The van der Waals surface area contributed by atoms with Crippen LogP contribution in [0.3, 0.4) is 0 Å². The number of rotatable bonds is 2. The Kier molecular flexibility index (Phi) is 3.57. The van der Waals surface area contributed by atoms with Gasteiger partial charge in [-0.15, -0.1) is 0 Å². The Morgan fingerprint density at radius 1 is 1.33 bits per heavy atom. The van der Waals surface area contributed by atoms with Crippen LogP contribution in [-0.4, -0.2) is 28.7 Å². The standard InChI is InChI=1S/C15H19FN2O3/c16-12-7-13(9-14(8-12)18(20)21)17-6-5-15(19)4-2-1-3-11(15)10-17/h7-9,11,19H,1-6,10H2. The largest absolute Gasteiger partial charge is 0.389 e. The summed E-state index contributed by atoms with van der Waals surface area (Å²) >= 11 is 0. The van der Waals surface area contributed by atoms with E-state index in [0.29, 0.717) is 25.2 Å². The topological polar surface area (TPSA) is 66.6 Å². The van der Waals surface area contributed by atoms with E-state index < -0.39 is 16.3 Å². The van der Waals surface area contributed by atoms with Gasteiger partial charge >= 0.3 is 0 Å². The van der Waals surface area contributed by atoms with Gasteiger partial charge in [0.15, 0.2) is 0 Å². The molecular weight excluding hydrogens is 275 g/mol. The van der Waals surface area contributed by atoms with Gasteiger partial charge in [-0.3, -0.25) is 10.1 Å². The van der Waals surface area contributed by atoms with E-state index in [1.54, 1.807) is 0 Å². The van der Waals surface area contributed by atoms with Crippen LogP contribution in [0.25, 0.3) is 0 Å². The fraction of sp³-hybridized carbons (Fsp3) is 0.600. The number of nitrogens with zero attached hydrogens (tertiary/aromatic N) is 2. The summed E-state index contributed by atoms with van der Waals surface area (Å²) in [6.07, 6.45) is 4.59. The lowest BCUT2D eigenvalue weighted by atomic mass is 9.71.